The number of carbonyl (C=O) groups is 1. The van der Waals surface area contributed by atoms with Crippen LogP contribution in [0.3, 0.4) is 0 Å². The molecule has 1 fully saturated rings. The minimum atomic E-state index is -0.354. The van der Waals surface area contributed by atoms with Crippen molar-refractivity contribution in [3.8, 4) is 6.07 Å². The van der Waals surface area contributed by atoms with Gasteiger partial charge in [-0.15, -0.1) is 0 Å². The lowest BCUT2D eigenvalue weighted by atomic mass is 9.91. The van der Waals surface area contributed by atoms with Gasteiger partial charge in [-0.1, -0.05) is 5.16 Å². The fourth-order valence-corrected chi connectivity index (χ4v) is 3.08. The maximum absolute atomic E-state index is 12.8. The molecule has 1 aliphatic rings. The van der Waals surface area contributed by atoms with E-state index >= 15 is 0 Å². The molecule has 0 aliphatic carbocycles. The summed E-state index contributed by atoms with van der Waals surface area (Å²) in [4.78, 5) is 17.1. The molecule has 2 aromatic rings. The third-order valence-electron chi connectivity index (χ3n) is 4.43. The van der Waals surface area contributed by atoms with Gasteiger partial charge in [0, 0.05) is 18.8 Å². The lowest BCUT2D eigenvalue weighted by Crippen LogP contribution is -2.36. The minimum absolute atomic E-state index is 0.177. The van der Waals surface area contributed by atoms with Crippen molar-refractivity contribution in [2.24, 2.45) is 5.92 Å². The summed E-state index contributed by atoms with van der Waals surface area (Å²) in [5.74, 6) is 0.922. The van der Waals surface area contributed by atoms with Crippen molar-refractivity contribution in [2.45, 2.75) is 32.7 Å². The Hall–Kier alpha value is -2.72. The highest BCUT2D eigenvalue weighted by molar-refractivity contribution is 5.96. The van der Waals surface area contributed by atoms with Crippen LogP contribution in [0.1, 0.15) is 52.1 Å². The van der Waals surface area contributed by atoms with Crippen molar-refractivity contribution >= 4 is 5.91 Å². The van der Waals surface area contributed by atoms with Crippen molar-refractivity contribution in [3.63, 3.8) is 0 Å². The molecule has 25 heavy (non-hydrogen) atoms. The highest BCUT2D eigenvalue weighted by Crippen LogP contribution is 2.29. The number of benzene rings is 1. The monoisotopic (exact) mass is 340 g/mol. The van der Waals surface area contributed by atoms with Gasteiger partial charge in [-0.25, -0.2) is 0 Å². The van der Waals surface area contributed by atoms with E-state index in [9.17, 15) is 4.79 Å². The molecule has 1 amide bonds. The number of ether oxygens (including phenoxy) is 1. The van der Waals surface area contributed by atoms with Crippen LogP contribution in [0.25, 0.3) is 0 Å². The van der Waals surface area contributed by atoms with E-state index in [-0.39, 0.29) is 17.9 Å². The number of hydrogen-bond acceptors (Lipinski definition) is 6. The number of aromatic nitrogens is 2. The number of aryl methyl sites for hydroxylation is 2. The van der Waals surface area contributed by atoms with E-state index in [1.807, 2.05) is 6.92 Å². The van der Waals surface area contributed by atoms with Gasteiger partial charge in [-0.05, 0) is 56.4 Å². The normalized spacial score (nSPS) is 16.2. The summed E-state index contributed by atoms with van der Waals surface area (Å²) in [6, 6.07) is 6.74. The van der Waals surface area contributed by atoms with Crippen LogP contribution in [0, 0.1) is 31.1 Å². The zero-order valence-electron chi connectivity index (χ0n) is 14.3. The predicted molar refractivity (Wildman–Crippen MR) is 88.7 cm³/mol. The lowest BCUT2D eigenvalue weighted by Gasteiger charge is -2.28. The molecular formula is C18H20N4O3. The first-order chi connectivity index (χ1) is 12.1. The molecule has 0 bridgehead atoms. The summed E-state index contributed by atoms with van der Waals surface area (Å²) >= 11 is 0. The molecule has 130 valence electrons. The molecule has 0 saturated carbocycles. The fraction of sp³-hybridized carbons (Fsp3) is 0.444. The Morgan fingerprint density at radius 3 is 2.72 bits per heavy atom. The Labute approximate surface area is 146 Å². The van der Waals surface area contributed by atoms with E-state index in [2.05, 4.69) is 21.5 Å². The maximum atomic E-state index is 12.8. The van der Waals surface area contributed by atoms with Crippen molar-refractivity contribution < 1.29 is 14.1 Å². The molecule has 1 aromatic carbocycles. The summed E-state index contributed by atoms with van der Waals surface area (Å²) in [6.07, 6.45) is 1.64. The number of carbonyl (C=O) groups excluding carboxylic acids is 1. The van der Waals surface area contributed by atoms with Crippen molar-refractivity contribution in [1.29, 1.82) is 5.26 Å². The Balaban J connectivity index is 1.84. The van der Waals surface area contributed by atoms with E-state index in [0.29, 0.717) is 36.1 Å². The number of rotatable bonds is 4. The molecule has 1 saturated heterocycles. The predicted octanol–water partition coefficient (Wildman–Crippen LogP) is 2.46. The topological polar surface area (TPSA) is 101 Å². The molecule has 2 heterocycles. The van der Waals surface area contributed by atoms with Gasteiger partial charge in [0.15, 0.2) is 5.82 Å². The molecule has 7 heteroatoms. The van der Waals surface area contributed by atoms with Crippen LogP contribution < -0.4 is 5.32 Å². The first-order valence-electron chi connectivity index (χ1n) is 8.28. The minimum Gasteiger partial charge on any atom is -0.381 e. The summed E-state index contributed by atoms with van der Waals surface area (Å²) in [5, 5.41) is 15.9. The van der Waals surface area contributed by atoms with Crippen LogP contribution in [0.15, 0.2) is 22.7 Å². The Kier molecular flexibility index (Phi) is 5.10. The van der Waals surface area contributed by atoms with Crippen LogP contribution in [-0.2, 0) is 4.74 Å². The maximum Gasteiger partial charge on any atom is 0.252 e. The van der Waals surface area contributed by atoms with Crippen LogP contribution in [0.5, 0.6) is 0 Å². The number of nitrogens with zero attached hydrogens (tertiary/aromatic N) is 3. The molecule has 0 radical (unpaired) electrons. The highest BCUT2D eigenvalue weighted by atomic mass is 16.5. The third-order valence-corrected chi connectivity index (χ3v) is 4.43. The van der Waals surface area contributed by atoms with Crippen LogP contribution in [0.4, 0.5) is 0 Å². The second-order valence-corrected chi connectivity index (χ2v) is 6.22. The molecular weight excluding hydrogens is 320 g/mol. The molecule has 1 N–H and O–H groups in total. The second kappa shape index (κ2) is 7.45. The van der Waals surface area contributed by atoms with Gasteiger partial charge in [0.2, 0.25) is 5.89 Å². The third kappa shape index (κ3) is 3.86. The van der Waals surface area contributed by atoms with Crippen molar-refractivity contribution in [1.82, 2.24) is 15.5 Å². The summed E-state index contributed by atoms with van der Waals surface area (Å²) in [7, 11) is 0. The summed E-state index contributed by atoms with van der Waals surface area (Å²) in [6.45, 7) is 4.87. The zero-order chi connectivity index (χ0) is 17.8. The van der Waals surface area contributed by atoms with Gasteiger partial charge in [-0.2, -0.15) is 10.2 Å². The molecule has 1 aromatic heterocycles. The van der Waals surface area contributed by atoms with E-state index < -0.39 is 0 Å². The smallest absolute Gasteiger partial charge is 0.252 e. The SMILES string of the molecule is Cc1noc([C@@H](NC(=O)c2ccc(C#N)cc2C)C2CCOCC2)n1. The lowest BCUT2D eigenvalue weighted by molar-refractivity contribution is 0.0467. The van der Waals surface area contributed by atoms with Crippen LogP contribution in [0.2, 0.25) is 0 Å². The fourth-order valence-electron chi connectivity index (χ4n) is 3.08. The largest absolute Gasteiger partial charge is 0.381 e. The number of amides is 1. The first kappa shape index (κ1) is 17.1. The van der Waals surface area contributed by atoms with Gasteiger partial charge < -0.3 is 14.6 Å². The molecule has 0 spiro atoms. The van der Waals surface area contributed by atoms with E-state index in [0.717, 1.165) is 18.4 Å². The Morgan fingerprint density at radius 1 is 1.36 bits per heavy atom. The first-order valence-corrected chi connectivity index (χ1v) is 8.28. The Morgan fingerprint density at radius 2 is 2.12 bits per heavy atom. The van der Waals surface area contributed by atoms with Crippen molar-refractivity contribution in [3.05, 3.63) is 46.6 Å². The van der Waals surface area contributed by atoms with Gasteiger partial charge in [0.05, 0.1) is 11.6 Å². The molecule has 3 rings (SSSR count). The van der Waals surface area contributed by atoms with E-state index in [4.69, 9.17) is 14.5 Å². The number of nitriles is 1. The molecule has 1 atom stereocenters. The number of hydrogen-bond donors (Lipinski definition) is 1. The molecule has 7 nitrogen and oxygen atoms in total. The van der Waals surface area contributed by atoms with Gasteiger partial charge in [-0.3, -0.25) is 4.79 Å². The van der Waals surface area contributed by atoms with E-state index in [1.165, 1.54) is 0 Å². The zero-order valence-corrected chi connectivity index (χ0v) is 14.3. The second-order valence-electron chi connectivity index (χ2n) is 6.22. The van der Waals surface area contributed by atoms with Crippen LogP contribution >= 0.6 is 0 Å². The van der Waals surface area contributed by atoms with E-state index in [1.54, 1.807) is 25.1 Å². The number of nitrogens with one attached hydrogen (secondary N) is 1. The summed E-state index contributed by atoms with van der Waals surface area (Å²) in [5.41, 5.74) is 1.82. The standard InChI is InChI=1S/C18H20N4O3/c1-11-9-13(10-19)3-4-15(11)17(23)21-16(14-5-7-24-8-6-14)18-20-12(2)22-25-18/h3-4,9,14,16H,5-8H2,1-2H3,(H,21,23)/t16-/m0/s1. The van der Waals surface area contributed by atoms with Crippen molar-refractivity contribution in [2.75, 3.05) is 13.2 Å². The van der Waals surface area contributed by atoms with Gasteiger partial charge in [0.1, 0.15) is 6.04 Å². The molecule has 0 unspecified atom stereocenters. The molecule has 1 aliphatic heterocycles. The van der Waals surface area contributed by atoms with Crippen LogP contribution in [-0.4, -0.2) is 29.3 Å². The highest BCUT2D eigenvalue weighted by Gasteiger charge is 2.31. The quantitative estimate of drug-likeness (QED) is 0.917. The Bertz CT molecular complexity index is 803. The van der Waals surface area contributed by atoms with Gasteiger partial charge >= 0.3 is 0 Å². The average Bonchev–Trinajstić information content (AvgIpc) is 3.06. The average molecular weight is 340 g/mol. The van der Waals surface area contributed by atoms with Gasteiger partial charge in [0.25, 0.3) is 5.91 Å². The summed E-state index contributed by atoms with van der Waals surface area (Å²) < 4.78 is 10.7.